The van der Waals surface area contributed by atoms with Crippen molar-refractivity contribution in [2.45, 2.75) is 44.8 Å². The van der Waals surface area contributed by atoms with Crippen molar-refractivity contribution in [1.82, 2.24) is 24.8 Å². The van der Waals surface area contributed by atoms with Crippen LogP contribution in [0.5, 0.6) is 0 Å². The number of nitrogens with zero attached hydrogens (tertiary/aromatic N) is 6. The summed E-state index contributed by atoms with van der Waals surface area (Å²) in [5.74, 6) is 2.25. The van der Waals surface area contributed by atoms with Gasteiger partial charge in [0.15, 0.2) is 11.5 Å². The maximum atomic E-state index is 5.58. The van der Waals surface area contributed by atoms with Crippen LogP contribution < -0.4 is 4.90 Å². The van der Waals surface area contributed by atoms with Crippen LogP contribution in [0.3, 0.4) is 0 Å². The van der Waals surface area contributed by atoms with E-state index in [2.05, 4.69) is 36.6 Å². The summed E-state index contributed by atoms with van der Waals surface area (Å²) >= 11 is 0. The van der Waals surface area contributed by atoms with E-state index in [0.717, 1.165) is 69.3 Å². The molecule has 0 radical (unpaired) electrons. The minimum Gasteiger partial charge on any atom is -0.381 e. The van der Waals surface area contributed by atoms with E-state index >= 15 is 0 Å². The average molecular weight is 358 g/mol. The van der Waals surface area contributed by atoms with E-state index in [0.29, 0.717) is 12.0 Å². The quantitative estimate of drug-likeness (QED) is 0.804. The van der Waals surface area contributed by atoms with E-state index in [1.165, 1.54) is 12.8 Å². The normalized spacial score (nSPS) is 27.3. The standard InChI is InChI=1S/C18H26N6O2/c1-13-10-22(6-7-23(13)15-2-3-15)18-20-19-17(16-5-9-26-21-16)24(18)11-14-4-8-25-12-14/h5,9,13-15H,2-4,6-8,10-12H2,1H3. The van der Waals surface area contributed by atoms with Gasteiger partial charge < -0.3 is 14.2 Å². The zero-order valence-electron chi connectivity index (χ0n) is 15.3. The summed E-state index contributed by atoms with van der Waals surface area (Å²) in [6, 6.07) is 3.21. The van der Waals surface area contributed by atoms with Crippen LogP contribution >= 0.6 is 0 Å². The van der Waals surface area contributed by atoms with Crippen molar-refractivity contribution in [1.29, 1.82) is 0 Å². The van der Waals surface area contributed by atoms with Crippen molar-refractivity contribution in [2.75, 3.05) is 37.7 Å². The second-order valence-electron chi connectivity index (χ2n) is 7.81. The van der Waals surface area contributed by atoms with Crippen LogP contribution in [0, 0.1) is 5.92 Å². The van der Waals surface area contributed by atoms with Crippen LogP contribution in [0.15, 0.2) is 16.9 Å². The van der Waals surface area contributed by atoms with Crippen molar-refractivity contribution < 1.29 is 9.26 Å². The molecule has 26 heavy (non-hydrogen) atoms. The van der Waals surface area contributed by atoms with Gasteiger partial charge in [0.25, 0.3) is 0 Å². The van der Waals surface area contributed by atoms with E-state index in [4.69, 9.17) is 9.26 Å². The third-order valence-electron chi connectivity index (χ3n) is 5.84. The molecule has 1 saturated carbocycles. The average Bonchev–Trinajstić information content (AvgIpc) is 3.07. The lowest BCUT2D eigenvalue weighted by molar-refractivity contribution is 0.176. The Bertz CT molecular complexity index is 735. The molecule has 0 N–H and O–H groups in total. The Labute approximate surface area is 153 Å². The first kappa shape index (κ1) is 16.3. The summed E-state index contributed by atoms with van der Waals surface area (Å²) in [5.41, 5.74) is 0.743. The van der Waals surface area contributed by atoms with Gasteiger partial charge in [-0.3, -0.25) is 9.47 Å². The zero-order chi connectivity index (χ0) is 17.5. The first-order valence-corrected chi connectivity index (χ1v) is 9.72. The molecule has 2 unspecified atom stereocenters. The first-order valence-electron chi connectivity index (χ1n) is 9.72. The van der Waals surface area contributed by atoms with Gasteiger partial charge in [-0.05, 0) is 26.2 Å². The largest absolute Gasteiger partial charge is 0.381 e. The SMILES string of the molecule is CC1CN(c2nnc(-c3ccon3)n2CC2CCOC2)CCN1C1CC1. The molecule has 8 nitrogen and oxygen atoms in total. The Kier molecular flexibility index (Phi) is 4.17. The van der Waals surface area contributed by atoms with Gasteiger partial charge in [0, 0.05) is 56.9 Å². The molecule has 2 saturated heterocycles. The molecule has 2 aromatic heterocycles. The van der Waals surface area contributed by atoms with Crippen molar-refractivity contribution in [3.8, 4) is 11.5 Å². The Hall–Kier alpha value is -1.93. The van der Waals surface area contributed by atoms with Gasteiger partial charge in [0.1, 0.15) is 6.26 Å². The van der Waals surface area contributed by atoms with Gasteiger partial charge >= 0.3 is 0 Å². The zero-order valence-corrected chi connectivity index (χ0v) is 15.3. The van der Waals surface area contributed by atoms with Crippen LogP contribution in [0.1, 0.15) is 26.2 Å². The summed E-state index contributed by atoms with van der Waals surface area (Å²) < 4.78 is 12.8. The lowest BCUT2D eigenvalue weighted by Crippen LogP contribution is -2.53. The van der Waals surface area contributed by atoms with Gasteiger partial charge in [0.05, 0.1) is 6.61 Å². The van der Waals surface area contributed by atoms with Crippen LogP contribution in [0.2, 0.25) is 0 Å². The summed E-state index contributed by atoms with van der Waals surface area (Å²) in [6.07, 6.45) is 5.39. The Morgan fingerprint density at radius 1 is 1.19 bits per heavy atom. The fourth-order valence-corrected chi connectivity index (χ4v) is 4.30. The van der Waals surface area contributed by atoms with Gasteiger partial charge in [-0.25, -0.2) is 0 Å². The Morgan fingerprint density at radius 3 is 2.81 bits per heavy atom. The number of anilines is 1. The monoisotopic (exact) mass is 358 g/mol. The first-order chi connectivity index (χ1) is 12.8. The minimum atomic E-state index is 0.501. The number of piperazine rings is 1. The summed E-state index contributed by atoms with van der Waals surface area (Å²) in [6.45, 7) is 7.94. The predicted octanol–water partition coefficient (Wildman–Crippen LogP) is 1.64. The molecule has 8 heteroatoms. The number of aromatic nitrogens is 4. The number of hydrogen-bond donors (Lipinski definition) is 0. The van der Waals surface area contributed by atoms with E-state index in [9.17, 15) is 0 Å². The molecule has 5 rings (SSSR count). The van der Waals surface area contributed by atoms with Crippen LogP contribution in [0.25, 0.3) is 11.5 Å². The van der Waals surface area contributed by atoms with Gasteiger partial charge in [-0.1, -0.05) is 5.16 Å². The van der Waals surface area contributed by atoms with Crippen molar-refractivity contribution in [2.24, 2.45) is 5.92 Å². The number of hydrogen-bond acceptors (Lipinski definition) is 7. The molecule has 2 aliphatic heterocycles. The van der Waals surface area contributed by atoms with Gasteiger partial charge in [-0.2, -0.15) is 0 Å². The van der Waals surface area contributed by atoms with Crippen molar-refractivity contribution in [3.05, 3.63) is 12.3 Å². The minimum absolute atomic E-state index is 0.501. The number of ether oxygens (including phenoxy) is 1. The maximum Gasteiger partial charge on any atom is 0.227 e. The predicted molar refractivity (Wildman–Crippen MR) is 95.8 cm³/mol. The van der Waals surface area contributed by atoms with E-state index < -0.39 is 0 Å². The van der Waals surface area contributed by atoms with E-state index in [1.54, 1.807) is 6.26 Å². The molecular weight excluding hydrogens is 332 g/mol. The third-order valence-corrected chi connectivity index (χ3v) is 5.84. The summed E-state index contributed by atoms with van der Waals surface area (Å²) in [5, 5.41) is 13.1. The highest BCUT2D eigenvalue weighted by Gasteiger charge is 2.36. The molecule has 0 aromatic carbocycles. The lowest BCUT2D eigenvalue weighted by Gasteiger charge is -2.40. The molecule has 0 bridgehead atoms. The maximum absolute atomic E-state index is 5.58. The molecular formula is C18H26N6O2. The molecule has 0 spiro atoms. The van der Waals surface area contributed by atoms with Gasteiger partial charge in [0.2, 0.25) is 5.95 Å². The van der Waals surface area contributed by atoms with Gasteiger partial charge in [-0.15, -0.1) is 10.2 Å². The smallest absolute Gasteiger partial charge is 0.227 e. The molecule has 140 valence electrons. The Morgan fingerprint density at radius 2 is 2.12 bits per heavy atom. The molecule has 2 atom stereocenters. The molecule has 1 aliphatic carbocycles. The van der Waals surface area contributed by atoms with E-state index in [1.807, 2.05) is 6.07 Å². The molecule has 3 fully saturated rings. The van der Waals surface area contributed by atoms with E-state index in [-0.39, 0.29) is 0 Å². The Balaban J connectivity index is 1.42. The topological polar surface area (TPSA) is 72.5 Å². The van der Waals surface area contributed by atoms with Crippen molar-refractivity contribution >= 4 is 5.95 Å². The number of rotatable bonds is 5. The molecule has 4 heterocycles. The van der Waals surface area contributed by atoms with Crippen molar-refractivity contribution in [3.63, 3.8) is 0 Å². The summed E-state index contributed by atoms with van der Waals surface area (Å²) in [4.78, 5) is 5.04. The molecule has 3 aliphatic rings. The second-order valence-corrected chi connectivity index (χ2v) is 7.81. The highest BCUT2D eigenvalue weighted by molar-refractivity contribution is 5.52. The molecule has 0 amide bonds. The highest BCUT2D eigenvalue weighted by atomic mass is 16.5. The van der Waals surface area contributed by atoms with Crippen LogP contribution in [-0.4, -0.2) is 69.8 Å². The second kappa shape index (κ2) is 6.66. The fraction of sp³-hybridized carbons (Fsp3) is 0.722. The fourth-order valence-electron chi connectivity index (χ4n) is 4.30. The van der Waals surface area contributed by atoms with Crippen LogP contribution in [-0.2, 0) is 11.3 Å². The third kappa shape index (κ3) is 3.01. The molecule has 2 aromatic rings. The summed E-state index contributed by atoms with van der Waals surface area (Å²) in [7, 11) is 0. The lowest BCUT2D eigenvalue weighted by atomic mass is 10.1. The van der Waals surface area contributed by atoms with Crippen LogP contribution in [0.4, 0.5) is 5.95 Å². The highest BCUT2D eigenvalue weighted by Crippen LogP contribution is 2.32.